The van der Waals surface area contributed by atoms with Crippen LogP contribution < -0.4 is 20.1 Å². The molecular weight excluding hydrogens is 331 g/mol. The van der Waals surface area contributed by atoms with E-state index >= 15 is 0 Å². The molecule has 1 aromatic rings. The van der Waals surface area contributed by atoms with Crippen molar-refractivity contribution in [2.45, 2.75) is 12.5 Å². The van der Waals surface area contributed by atoms with Crippen molar-refractivity contribution in [2.75, 3.05) is 33.4 Å². The maximum atomic E-state index is 11.5. The van der Waals surface area contributed by atoms with Gasteiger partial charge in [-0.2, -0.15) is 0 Å². The third-order valence-electron chi connectivity index (χ3n) is 3.10. The molecule has 1 amide bonds. The van der Waals surface area contributed by atoms with Crippen molar-refractivity contribution in [1.82, 2.24) is 10.6 Å². The number of halogens is 2. The molecule has 1 aromatic carbocycles. The number of amides is 1. The zero-order chi connectivity index (χ0) is 15.2. The third-order valence-corrected chi connectivity index (χ3v) is 3.38. The Balaban J connectivity index is 0.00000242. The van der Waals surface area contributed by atoms with Crippen molar-refractivity contribution in [3.05, 3.63) is 22.7 Å². The summed E-state index contributed by atoms with van der Waals surface area (Å²) in [4.78, 5) is 11.5. The lowest BCUT2D eigenvalue weighted by Gasteiger charge is -2.21. The quantitative estimate of drug-likeness (QED) is 0.720. The molecule has 0 radical (unpaired) electrons. The van der Waals surface area contributed by atoms with E-state index in [4.69, 9.17) is 21.1 Å². The summed E-state index contributed by atoms with van der Waals surface area (Å²) in [5, 5.41) is 16.1. The number of benzene rings is 1. The Bertz CT molecular complexity index is 514. The number of rotatable bonds is 6. The fraction of sp³-hybridized carbons (Fsp3) is 0.500. The summed E-state index contributed by atoms with van der Waals surface area (Å²) in [5.74, 6) is 0.897. The molecule has 0 aromatic heterocycles. The van der Waals surface area contributed by atoms with E-state index in [1.54, 1.807) is 19.2 Å². The Kier molecular flexibility index (Phi) is 7.75. The lowest BCUT2D eigenvalue weighted by molar-refractivity contribution is -0.121. The molecule has 0 saturated carbocycles. The van der Waals surface area contributed by atoms with Crippen molar-refractivity contribution in [1.29, 1.82) is 0 Å². The van der Waals surface area contributed by atoms with E-state index in [9.17, 15) is 9.90 Å². The minimum Gasteiger partial charge on any atom is -0.486 e. The van der Waals surface area contributed by atoms with E-state index < -0.39 is 6.10 Å². The fourth-order valence-corrected chi connectivity index (χ4v) is 2.25. The van der Waals surface area contributed by atoms with Crippen molar-refractivity contribution < 1.29 is 19.4 Å². The maximum absolute atomic E-state index is 11.5. The van der Waals surface area contributed by atoms with Gasteiger partial charge in [0.05, 0.1) is 11.1 Å². The largest absolute Gasteiger partial charge is 0.486 e. The van der Waals surface area contributed by atoms with Crippen LogP contribution >= 0.6 is 24.0 Å². The van der Waals surface area contributed by atoms with E-state index in [1.165, 1.54) is 0 Å². The van der Waals surface area contributed by atoms with Gasteiger partial charge in [-0.05, 0) is 24.7 Å². The first-order valence-corrected chi connectivity index (χ1v) is 7.18. The molecule has 8 heteroatoms. The lowest BCUT2D eigenvalue weighted by atomic mass is 10.1. The SMILES string of the molecule is CNCCC(=O)NCC(O)c1cc(Cl)c2c(c1)OCCO2.Cl. The Morgan fingerprint density at radius 2 is 2.14 bits per heavy atom. The highest BCUT2D eigenvalue weighted by molar-refractivity contribution is 6.32. The average Bonchev–Trinajstić information content (AvgIpc) is 2.50. The van der Waals surface area contributed by atoms with Gasteiger partial charge in [0.15, 0.2) is 11.5 Å². The summed E-state index contributed by atoms with van der Waals surface area (Å²) in [6.45, 7) is 1.62. The molecule has 0 bridgehead atoms. The molecule has 3 N–H and O–H groups in total. The molecule has 1 unspecified atom stereocenters. The number of hydrogen-bond acceptors (Lipinski definition) is 5. The molecule has 0 aliphatic carbocycles. The van der Waals surface area contributed by atoms with E-state index in [1.807, 2.05) is 0 Å². The van der Waals surface area contributed by atoms with Crippen LogP contribution in [0.5, 0.6) is 11.5 Å². The van der Waals surface area contributed by atoms with Gasteiger partial charge in [-0.15, -0.1) is 12.4 Å². The second-order valence-corrected chi connectivity index (χ2v) is 5.11. The first-order valence-electron chi connectivity index (χ1n) is 6.80. The lowest BCUT2D eigenvalue weighted by Crippen LogP contribution is -2.30. The van der Waals surface area contributed by atoms with Gasteiger partial charge in [0.1, 0.15) is 13.2 Å². The van der Waals surface area contributed by atoms with Gasteiger partial charge in [-0.1, -0.05) is 11.6 Å². The predicted molar refractivity (Wildman–Crippen MR) is 86.2 cm³/mol. The zero-order valence-corrected chi connectivity index (χ0v) is 13.8. The van der Waals surface area contributed by atoms with Crippen LogP contribution in [0.4, 0.5) is 0 Å². The van der Waals surface area contributed by atoms with E-state index in [0.717, 1.165) is 0 Å². The van der Waals surface area contributed by atoms with E-state index in [2.05, 4.69) is 10.6 Å². The number of ether oxygens (including phenoxy) is 2. The van der Waals surface area contributed by atoms with Crippen LogP contribution in [0, 0.1) is 0 Å². The van der Waals surface area contributed by atoms with Gasteiger partial charge in [-0.3, -0.25) is 4.79 Å². The predicted octanol–water partition coefficient (Wildman–Crippen LogP) is 1.29. The highest BCUT2D eigenvalue weighted by atomic mass is 35.5. The topological polar surface area (TPSA) is 79.8 Å². The number of aliphatic hydroxyl groups excluding tert-OH is 1. The second kappa shape index (κ2) is 9.05. The second-order valence-electron chi connectivity index (χ2n) is 4.70. The van der Waals surface area contributed by atoms with Gasteiger partial charge in [0.25, 0.3) is 0 Å². The van der Waals surface area contributed by atoms with Crippen molar-refractivity contribution in [2.24, 2.45) is 0 Å². The minimum absolute atomic E-state index is 0. The van der Waals surface area contributed by atoms with Crippen LogP contribution in [0.2, 0.25) is 5.02 Å². The summed E-state index contributed by atoms with van der Waals surface area (Å²) in [6, 6.07) is 3.31. The molecule has 6 nitrogen and oxygen atoms in total. The van der Waals surface area contributed by atoms with Crippen LogP contribution in [0.1, 0.15) is 18.1 Å². The Morgan fingerprint density at radius 1 is 1.41 bits per heavy atom. The van der Waals surface area contributed by atoms with Crippen LogP contribution in [0.25, 0.3) is 0 Å². The number of hydrogen-bond donors (Lipinski definition) is 3. The number of nitrogens with one attached hydrogen (secondary N) is 2. The van der Waals surface area contributed by atoms with Crippen LogP contribution in [-0.4, -0.2) is 44.4 Å². The number of fused-ring (bicyclic) bond motifs is 1. The van der Waals surface area contributed by atoms with Crippen LogP contribution in [0.3, 0.4) is 0 Å². The number of carbonyl (C=O) groups excluding carboxylic acids is 1. The number of carbonyl (C=O) groups is 1. The maximum Gasteiger partial charge on any atom is 0.221 e. The van der Waals surface area contributed by atoms with E-state index in [0.29, 0.717) is 48.3 Å². The van der Waals surface area contributed by atoms with Crippen molar-refractivity contribution in [3.8, 4) is 11.5 Å². The van der Waals surface area contributed by atoms with Crippen molar-refractivity contribution >= 4 is 29.9 Å². The van der Waals surface area contributed by atoms with Gasteiger partial charge in [-0.25, -0.2) is 0 Å². The standard InChI is InChI=1S/C14H19ClN2O4.ClH/c1-16-3-2-13(19)17-8-11(18)9-6-10(15)14-12(7-9)20-4-5-21-14;/h6-7,11,16,18H,2-5,8H2,1H3,(H,17,19);1H. The normalized spacial score (nSPS) is 14.0. The Hall–Kier alpha value is -1.21. The minimum atomic E-state index is -0.850. The average molecular weight is 351 g/mol. The molecule has 1 aliphatic rings. The molecule has 1 aliphatic heterocycles. The summed E-state index contributed by atoms with van der Waals surface area (Å²) >= 11 is 6.11. The monoisotopic (exact) mass is 350 g/mol. The molecule has 0 spiro atoms. The number of aliphatic hydroxyl groups is 1. The zero-order valence-electron chi connectivity index (χ0n) is 12.2. The summed E-state index contributed by atoms with van der Waals surface area (Å²) in [6.07, 6.45) is -0.484. The molecule has 1 heterocycles. The molecule has 124 valence electrons. The molecule has 2 rings (SSSR count). The van der Waals surface area contributed by atoms with Gasteiger partial charge in [0, 0.05) is 19.5 Å². The van der Waals surface area contributed by atoms with E-state index in [-0.39, 0.29) is 24.9 Å². The highest BCUT2D eigenvalue weighted by Crippen LogP contribution is 2.39. The molecular formula is C14H20Cl2N2O4. The molecule has 0 saturated heterocycles. The summed E-state index contributed by atoms with van der Waals surface area (Å²) in [5.41, 5.74) is 0.582. The summed E-state index contributed by atoms with van der Waals surface area (Å²) < 4.78 is 10.9. The van der Waals surface area contributed by atoms with Gasteiger partial charge < -0.3 is 25.2 Å². The van der Waals surface area contributed by atoms with Crippen LogP contribution in [0.15, 0.2) is 12.1 Å². The Morgan fingerprint density at radius 3 is 2.86 bits per heavy atom. The first-order chi connectivity index (χ1) is 10.1. The van der Waals surface area contributed by atoms with Crippen molar-refractivity contribution in [3.63, 3.8) is 0 Å². The van der Waals surface area contributed by atoms with Gasteiger partial charge >= 0.3 is 0 Å². The summed E-state index contributed by atoms with van der Waals surface area (Å²) in [7, 11) is 1.78. The third kappa shape index (κ3) is 4.91. The smallest absolute Gasteiger partial charge is 0.221 e. The first kappa shape index (κ1) is 18.8. The van der Waals surface area contributed by atoms with Gasteiger partial charge in [0.2, 0.25) is 5.91 Å². The highest BCUT2D eigenvalue weighted by Gasteiger charge is 2.19. The molecule has 0 fully saturated rings. The van der Waals surface area contributed by atoms with Crippen LogP contribution in [-0.2, 0) is 4.79 Å². The Labute approximate surface area is 140 Å². The molecule has 1 atom stereocenters. The fourth-order valence-electron chi connectivity index (χ4n) is 1.98. The molecule has 22 heavy (non-hydrogen) atoms.